The van der Waals surface area contributed by atoms with E-state index < -0.39 is 0 Å². The number of amides is 3. The predicted molar refractivity (Wildman–Crippen MR) is 106 cm³/mol. The fraction of sp³-hybridized carbons (Fsp3) is 0.333. The van der Waals surface area contributed by atoms with Crippen LogP contribution in [-0.2, 0) is 17.6 Å². The number of benzene rings is 2. The van der Waals surface area contributed by atoms with E-state index >= 15 is 0 Å². The summed E-state index contributed by atoms with van der Waals surface area (Å²) in [5, 5.41) is 5.76. The summed E-state index contributed by atoms with van der Waals surface area (Å²) in [7, 11) is 0. The molecule has 4 rings (SSSR count). The Bertz CT molecular complexity index is 860. The Morgan fingerprint density at radius 2 is 1.74 bits per heavy atom. The van der Waals surface area contributed by atoms with E-state index in [1.54, 1.807) is 0 Å². The van der Waals surface area contributed by atoms with Gasteiger partial charge in [0, 0.05) is 24.3 Å². The summed E-state index contributed by atoms with van der Waals surface area (Å²) >= 11 is 0. The Balaban J connectivity index is 1.48. The van der Waals surface area contributed by atoms with E-state index in [0.29, 0.717) is 18.7 Å². The van der Waals surface area contributed by atoms with E-state index in [9.17, 15) is 9.59 Å². The van der Waals surface area contributed by atoms with Crippen LogP contribution >= 0.6 is 0 Å². The molecule has 3 amide bonds. The minimum Gasteiger partial charge on any atom is -0.494 e. The van der Waals surface area contributed by atoms with Crippen molar-refractivity contribution in [1.82, 2.24) is 0 Å². The minimum atomic E-state index is -0.286. The van der Waals surface area contributed by atoms with Crippen molar-refractivity contribution in [3.8, 4) is 5.75 Å². The standard InChI is InChI=1S/C21H23N3O3/c1-2-27-18-8-6-16(7-9-18)22-21(26)23-17-12-14-4-3-11-24-19(25)10-5-15(13-17)20(14)24/h6-9,12-13H,2-5,10-11H2,1H3,(H2,22,23,26). The molecule has 6 heteroatoms. The number of ether oxygens (including phenoxy) is 1. The number of aryl methyl sites for hydroxylation is 2. The fourth-order valence-electron chi connectivity index (χ4n) is 3.82. The van der Waals surface area contributed by atoms with Gasteiger partial charge in [0.05, 0.1) is 12.3 Å². The van der Waals surface area contributed by atoms with Gasteiger partial charge >= 0.3 is 6.03 Å². The van der Waals surface area contributed by atoms with Gasteiger partial charge in [0.1, 0.15) is 5.75 Å². The lowest BCUT2D eigenvalue weighted by molar-refractivity contribution is -0.119. The van der Waals surface area contributed by atoms with Crippen LogP contribution in [0.25, 0.3) is 0 Å². The van der Waals surface area contributed by atoms with Crippen molar-refractivity contribution in [3.05, 3.63) is 47.5 Å². The molecular weight excluding hydrogens is 342 g/mol. The molecule has 2 aromatic rings. The van der Waals surface area contributed by atoms with Crippen LogP contribution in [-0.4, -0.2) is 25.1 Å². The van der Waals surface area contributed by atoms with Crippen LogP contribution in [0.3, 0.4) is 0 Å². The van der Waals surface area contributed by atoms with Crippen LogP contribution in [0.15, 0.2) is 36.4 Å². The zero-order valence-electron chi connectivity index (χ0n) is 15.4. The third kappa shape index (κ3) is 3.60. The van der Waals surface area contributed by atoms with Crippen molar-refractivity contribution in [3.63, 3.8) is 0 Å². The van der Waals surface area contributed by atoms with Crippen molar-refractivity contribution in [2.45, 2.75) is 32.6 Å². The van der Waals surface area contributed by atoms with Gasteiger partial charge in [-0.25, -0.2) is 4.79 Å². The zero-order chi connectivity index (χ0) is 18.8. The highest BCUT2D eigenvalue weighted by molar-refractivity contribution is 6.01. The third-order valence-electron chi connectivity index (χ3n) is 4.96. The molecule has 0 aromatic heterocycles. The second-order valence-electron chi connectivity index (χ2n) is 6.83. The van der Waals surface area contributed by atoms with Gasteiger partial charge in [0.2, 0.25) is 5.91 Å². The van der Waals surface area contributed by atoms with Gasteiger partial charge in [-0.3, -0.25) is 4.79 Å². The summed E-state index contributed by atoms with van der Waals surface area (Å²) in [5.41, 5.74) is 4.82. The molecule has 2 aliphatic rings. The molecule has 0 spiro atoms. The van der Waals surface area contributed by atoms with Crippen LogP contribution in [0.1, 0.15) is 30.9 Å². The molecule has 27 heavy (non-hydrogen) atoms. The number of rotatable bonds is 4. The van der Waals surface area contributed by atoms with Crippen LogP contribution in [0.5, 0.6) is 5.75 Å². The molecule has 2 aliphatic heterocycles. The van der Waals surface area contributed by atoms with Gasteiger partial charge in [-0.1, -0.05) is 0 Å². The van der Waals surface area contributed by atoms with Crippen LogP contribution in [0.4, 0.5) is 21.9 Å². The quantitative estimate of drug-likeness (QED) is 0.862. The number of hydrogen-bond donors (Lipinski definition) is 2. The number of carbonyl (C=O) groups excluding carboxylic acids is 2. The van der Waals surface area contributed by atoms with E-state index in [1.807, 2.05) is 48.2 Å². The number of hydrogen-bond acceptors (Lipinski definition) is 3. The summed E-state index contributed by atoms with van der Waals surface area (Å²) in [6.45, 7) is 3.33. The van der Waals surface area contributed by atoms with Crippen molar-refractivity contribution in [1.29, 1.82) is 0 Å². The van der Waals surface area contributed by atoms with E-state index in [-0.39, 0.29) is 11.9 Å². The zero-order valence-corrected chi connectivity index (χ0v) is 15.4. The molecule has 0 radical (unpaired) electrons. The molecule has 2 heterocycles. The smallest absolute Gasteiger partial charge is 0.323 e. The highest BCUT2D eigenvalue weighted by Gasteiger charge is 2.29. The van der Waals surface area contributed by atoms with Crippen molar-refractivity contribution >= 4 is 29.0 Å². The average Bonchev–Trinajstić information content (AvgIpc) is 2.66. The first-order valence-electron chi connectivity index (χ1n) is 9.41. The topological polar surface area (TPSA) is 70.7 Å². The highest BCUT2D eigenvalue weighted by atomic mass is 16.5. The Morgan fingerprint density at radius 1 is 1.04 bits per heavy atom. The second-order valence-corrected chi connectivity index (χ2v) is 6.83. The molecule has 0 bridgehead atoms. The molecule has 0 saturated heterocycles. The second kappa shape index (κ2) is 7.31. The highest BCUT2D eigenvalue weighted by Crippen LogP contribution is 2.37. The maximum Gasteiger partial charge on any atom is 0.323 e. The van der Waals surface area contributed by atoms with Crippen LogP contribution in [0.2, 0.25) is 0 Å². The molecule has 140 valence electrons. The largest absolute Gasteiger partial charge is 0.494 e. The normalized spacial score (nSPS) is 15.1. The molecule has 0 saturated carbocycles. The molecule has 0 atom stereocenters. The molecular formula is C21H23N3O3. The van der Waals surface area contributed by atoms with Gasteiger partial charge < -0.3 is 20.3 Å². The summed E-state index contributed by atoms with van der Waals surface area (Å²) in [4.78, 5) is 26.4. The third-order valence-corrected chi connectivity index (χ3v) is 4.96. The predicted octanol–water partition coefficient (Wildman–Crippen LogP) is 3.95. The number of nitrogens with zero attached hydrogens (tertiary/aromatic N) is 1. The van der Waals surface area contributed by atoms with Crippen molar-refractivity contribution in [2.24, 2.45) is 0 Å². The van der Waals surface area contributed by atoms with Gasteiger partial charge in [0.25, 0.3) is 0 Å². The first-order valence-corrected chi connectivity index (χ1v) is 9.41. The van der Waals surface area contributed by atoms with Crippen molar-refractivity contribution in [2.75, 3.05) is 28.7 Å². The van der Waals surface area contributed by atoms with E-state index in [0.717, 1.165) is 54.1 Å². The lowest BCUT2D eigenvalue weighted by Crippen LogP contribution is -2.39. The number of anilines is 3. The Kier molecular flexibility index (Phi) is 4.71. The molecule has 2 N–H and O–H groups in total. The average molecular weight is 365 g/mol. The van der Waals surface area contributed by atoms with E-state index in [1.165, 1.54) is 0 Å². The summed E-state index contributed by atoms with van der Waals surface area (Å²) in [6, 6.07) is 11.0. The summed E-state index contributed by atoms with van der Waals surface area (Å²) < 4.78 is 5.41. The Hall–Kier alpha value is -3.02. The number of urea groups is 1. The number of carbonyl (C=O) groups is 2. The van der Waals surface area contributed by atoms with Crippen LogP contribution in [0, 0.1) is 0 Å². The molecule has 6 nitrogen and oxygen atoms in total. The lowest BCUT2D eigenvalue weighted by Gasteiger charge is -2.35. The molecule has 0 aliphatic carbocycles. The van der Waals surface area contributed by atoms with Gasteiger partial charge in [-0.2, -0.15) is 0 Å². The molecule has 0 unspecified atom stereocenters. The Morgan fingerprint density at radius 3 is 2.48 bits per heavy atom. The van der Waals surface area contributed by atoms with E-state index in [2.05, 4.69) is 10.6 Å². The lowest BCUT2D eigenvalue weighted by atomic mass is 9.91. The van der Waals surface area contributed by atoms with Gasteiger partial charge in [-0.15, -0.1) is 0 Å². The summed E-state index contributed by atoms with van der Waals surface area (Å²) in [5.74, 6) is 0.980. The Labute approximate surface area is 158 Å². The fourth-order valence-corrected chi connectivity index (χ4v) is 3.82. The first kappa shape index (κ1) is 17.4. The SMILES string of the molecule is CCOc1ccc(NC(=O)Nc2cc3c4c(c2)CCC(=O)N4CCC3)cc1. The van der Waals surface area contributed by atoms with Crippen LogP contribution < -0.4 is 20.3 Å². The van der Waals surface area contributed by atoms with Crippen molar-refractivity contribution < 1.29 is 14.3 Å². The first-order chi connectivity index (χ1) is 13.1. The summed E-state index contributed by atoms with van der Waals surface area (Å²) in [6.07, 6.45) is 3.16. The maximum atomic E-state index is 12.4. The van der Waals surface area contributed by atoms with E-state index in [4.69, 9.17) is 4.74 Å². The van der Waals surface area contributed by atoms with Gasteiger partial charge in [0.15, 0.2) is 0 Å². The van der Waals surface area contributed by atoms with Gasteiger partial charge in [-0.05, 0) is 73.7 Å². The molecule has 0 fully saturated rings. The number of nitrogens with one attached hydrogen (secondary N) is 2. The molecule has 2 aromatic carbocycles. The minimum absolute atomic E-state index is 0.206. The maximum absolute atomic E-state index is 12.4. The monoisotopic (exact) mass is 365 g/mol.